The predicted octanol–water partition coefficient (Wildman–Crippen LogP) is 0.397. The summed E-state index contributed by atoms with van der Waals surface area (Å²) in [4.78, 5) is 0. The summed E-state index contributed by atoms with van der Waals surface area (Å²) in [5.41, 5.74) is 5.43. The summed E-state index contributed by atoms with van der Waals surface area (Å²) in [6, 6.07) is 0. The van der Waals surface area contributed by atoms with Crippen molar-refractivity contribution in [3.63, 3.8) is 0 Å². The molecule has 0 aliphatic carbocycles. The van der Waals surface area contributed by atoms with Crippen LogP contribution in [0.5, 0.6) is 0 Å². The maximum Gasteiger partial charge on any atom is 0.157 e. The Bertz CT molecular complexity index is 144. The van der Waals surface area contributed by atoms with Gasteiger partial charge in [-0.3, -0.25) is 0 Å². The molecule has 0 saturated heterocycles. The van der Waals surface area contributed by atoms with Crippen molar-refractivity contribution in [2.24, 2.45) is 16.7 Å². The van der Waals surface area contributed by atoms with Crippen LogP contribution < -0.4 is 11.6 Å². The van der Waals surface area contributed by atoms with Crippen LogP contribution in [0.1, 0.15) is 26.7 Å². The SMILES string of the molecule is CCOC(CC/C(N)=N\N)OCC. The number of hydrogen-bond acceptors (Lipinski definition) is 4. The van der Waals surface area contributed by atoms with E-state index < -0.39 is 0 Å². The van der Waals surface area contributed by atoms with Crippen LogP contribution in [0.2, 0.25) is 0 Å². The van der Waals surface area contributed by atoms with Crippen molar-refractivity contribution in [2.75, 3.05) is 13.2 Å². The number of nitrogens with two attached hydrogens (primary N) is 2. The van der Waals surface area contributed by atoms with Crippen molar-refractivity contribution >= 4 is 5.84 Å². The molecule has 0 aromatic heterocycles. The van der Waals surface area contributed by atoms with Crippen molar-refractivity contribution < 1.29 is 9.47 Å². The van der Waals surface area contributed by atoms with Gasteiger partial charge in [0.2, 0.25) is 0 Å². The number of rotatable bonds is 7. The lowest BCUT2D eigenvalue weighted by atomic mass is 10.3. The fourth-order valence-corrected chi connectivity index (χ4v) is 0.917. The molecule has 4 N–H and O–H groups in total. The second-order valence-corrected chi connectivity index (χ2v) is 2.50. The highest BCUT2D eigenvalue weighted by Gasteiger charge is 2.07. The molecule has 78 valence electrons. The molecule has 0 aliphatic rings. The largest absolute Gasteiger partial charge is 0.386 e. The van der Waals surface area contributed by atoms with Gasteiger partial charge in [0.05, 0.1) is 0 Å². The topological polar surface area (TPSA) is 82.9 Å². The third-order valence-corrected chi connectivity index (χ3v) is 1.51. The molecule has 0 spiro atoms. The van der Waals surface area contributed by atoms with Crippen LogP contribution in [0.25, 0.3) is 0 Å². The van der Waals surface area contributed by atoms with Gasteiger partial charge in [-0.15, -0.1) is 0 Å². The van der Waals surface area contributed by atoms with Crippen LogP contribution in [0.3, 0.4) is 0 Å². The summed E-state index contributed by atoms with van der Waals surface area (Å²) in [6.45, 7) is 5.10. The second kappa shape index (κ2) is 7.82. The summed E-state index contributed by atoms with van der Waals surface area (Å²) in [7, 11) is 0. The lowest BCUT2D eigenvalue weighted by molar-refractivity contribution is -0.138. The average Bonchev–Trinajstić information content (AvgIpc) is 2.14. The smallest absolute Gasteiger partial charge is 0.157 e. The predicted molar refractivity (Wildman–Crippen MR) is 52.1 cm³/mol. The maximum absolute atomic E-state index is 5.43. The fourth-order valence-electron chi connectivity index (χ4n) is 0.917. The van der Waals surface area contributed by atoms with Crippen LogP contribution >= 0.6 is 0 Å². The molecule has 0 heterocycles. The van der Waals surface area contributed by atoms with E-state index in [-0.39, 0.29) is 6.29 Å². The number of ether oxygens (including phenoxy) is 2. The van der Waals surface area contributed by atoms with E-state index in [1.165, 1.54) is 0 Å². The third kappa shape index (κ3) is 6.36. The Labute approximate surface area is 79.1 Å². The Morgan fingerprint density at radius 1 is 1.31 bits per heavy atom. The summed E-state index contributed by atoms with van der Waals surface area (Å²) < 4.78 is 10.6. The van der Waals surface area contributed by atoms with Crippen molar-refractivity contribution in [2.45, 2.75) is 33.0 Å². The zero-order chi connectivity index (χ0) is 10.1. The molecular formula is C8H19N3O2. The minimum absolute atomic E-state index is 0.199. The third-order valence-electron chi connectivity index (χ3n) is 1.51. The van der Waals surface area contributed by atoms with E-state index >= 15 is 0 Å². The molecule has 5 heteroatoms. The van der Waals surface area contributed by atoms with Gasteiger partial charge < -0.3 is 21.1 Å². The number of hydrogen-bond donors (Lipinski definition) is 2. The zero-order valence-corrected chi connectivity index (χ0v) is 8.32. The molecule has 0 saturated carbocycles. The lowest BCUT2D eigenvalue weighted by Crippen LogP contribution is -2.22. The van der Waals surface area contributed by atoms with Crippen molar-refractivity contribution in [3.05, 3.63) is 0 Å². The molecule has 0 amide bonds. The monoisotopic (exact) mass is 189 g/mol. The molecule has 0 bridgehead atoms. The van der Waals surface area contributed by atoms with E-state index in [9.17, 15) is 0 Å². The van der Waals surface area contributed by atoms with Crippen molar-refractivity contribution in [1.29, 1.82) is 0 Å². The normalized spacial score (nSPS) is 12.4. The standard InChI is InChI=1S/C8H19N3O2/c1-3-12-8(13-4-2)6-5-7(9)11-10/h8H,3-6,10H2,1-2H3,(H2,9,11). The summed E-state index contributed by atoms with van der Waals surface area (Å²) in [5.74, 6) is 5.41. The van der Waals surface area contributed by atoms with E-state index in [1.54, 1.807) is 0 Å². The van der Waals surface area contributed by atoms with Gasteiger partial charge in [0.1, 0.15) is 5.84 Å². The molecular weight excluding hydrogens is 170 g/mol. The Kier molecular flexibility index (Phi) is 7.33. The highest BCUT2D eigenvalue weighted by atomic mass is 16.7. The summed E-state index contributed by atoms with van der Waals surface area (Å²) in [5, 5.41) is 3.36. The highest BCUT2D eigenvalue weighted by Crippen LogP contribution is 2.03. The van der Waals surface area contributed by atoms with Crippen molar-refractivity contribution in [3.8, 4) is 0 Å². The van der Waals surface area contributed by atoms with E-state index in [2.05, 4.69) is 5.10 Å². The Morgan fingerprint density at radius 2 is 1.85 bits per heavy atom. The molecule has 13 heavy (non-hydrogen) atoms. The van der Waals surface area contributed by atoms with Gasteiger partial charge in [-0.2, -0.15) is 5.10 Å². The molecule has 0 atom stereocenters. The first-order valence-electron chi connectivity index (χ1n) is 4.50. The van der Waals surface area contributed by atoms with Gasteiger partial charge in [0.25, 0.3) is 0 Å². The Hall–Kier alpha value is -0.810. The van der Waals surface area contributed by atoms with E-state index in [0.717, 1.165) is 0 Å². The number of hydrazone groups is 1. The van der Waals surface area contributed by atoms with Crippen molar-refractivity contribution in [1.82, 2.24) is 0 Å². The summed E-state index contributed by atoms with van der Waals surface area (Å²) in [6.07, 6.45) is 1.09. The van der Waals surface area contributed by atoms with Gasteiger partial charge in [-0.25, -0.2) is 0 Å². The average molecular weight is 189 g/mol. The molecule has 0 aromatic rings. The van der Waals surface area contributed by atoms with Crippen LogP contribution in [0.15, 0.2) is 5.10 Å². The molecule has 0 aliphatic heterocycles. The van der Waals surface area contributed by atoms with Crippen LogP contribution in [0, 0.1) is 0 Å². The lowest BCUT2D eigenvalue weighted by Gasteiger charge is -2.16. The van der Waals surface area contributed by atoms with Crippen LogP contribution in [-0.2, 0) is 9.47 Å². The summed E-state index contributed by atoms with van der Waals surface area (Å²) >= 11 is 0. The van der Waals surface area contributed by atoms with Gasteiger partial charge >= 0.3 is 0 Å². The Balaban J connectivity index is 3.67. The van der Waals surface area contributed by atoms with E-state index in [0.29, 0.717) is 31.9 Å². The first-order chi connectivity index (χ1) is 6.24. The van der Waals surface area contributed by atoms with Crippen LogP contribution in [-0.4, -0.2) is 25.3 Å². The highest BCUT2D eigenvalue weighted by molar-refractivity contribution is 5.79. The molecule has 0 rings (SSSR count). The molecule has 0 fully saturated rings. The fraction of sp³-hybridized carbons (Fsp3) is 0.875. The Morgan fingerprint density at radius 3 is 2.23 bits per heavy atom. The zero-order valence-electron chi connectivity index (χ0n) is 8.32. The van der Waals surface area contributed by atoms with Gasteiger partial charge in [0.15, 0.2) is 6.29 Å². The molecule has 0 radical (unpaired) electrons. The van der Waals surface area contributed by atoms with Gasteiger partial charge in [-0.05, 0) is 13.8 Å². The van der Waals surface area contributed by atoms with E-state index in [1.807, 2.05) is 13.8 Å². The maximum atomic E-state index is 5.43. The first-order valence-corrected chi connectivity index (χ1v) is 4.50. The van der Waals surface area contributed by atoms with E-state index in [4.69, 9.17) is 21.1 Å². The minimum atomic E-state index is -0.199. The van der Waals surface area contributed by atoms with Gasteiger partial charge in [-0.1, -0.05) is 0 Å². The van der Waals surface area contributed by atoms with Gasteiger partial charge in [0, 0.05) is 26.1 Å². The quantitative estimate of drug-likeness (QED) is 0.199. The first kappa shape index (κ1) is 12.2. The molecule has 0 unspecified atom stereocenters. The number of amidine groups is 1. The molecule has 5 nitrogen and oxygen atoms in total. The second-order valence-electron chi connectivity index (χ2n) is 2.50. The van der Waals surface area contributed by atoms with Crippen LogP contribution in [0.4, 0.5) is 0 Å². The minimum Gasteiger partial charge on any atom is -0.386 e. The molecule has 0 aromatic carbocycles. The number of nitrogens with zero attached hydrogens (tertiary/aromatic N) is 1.